The van der Waals surface area contributed by atoms with E-state index in [1.165, 1.54) is 0 Å². The van der Waals surface area contributed by atoms with Crippen LogP contribution in [0.1, 0.15) is 52.8 Å². The van der Waals surface area contributed by atoms with E-state index in [0.717, 1.165) is 10.1 Å². The Morgan fingerprint density at radius 1 is 1.22 bits per heavy atom. The number of aromatic nitrogens is 2. The van der Waals surface area contributed by atoms with Gasteiger partial charge in [-0.25, -0.2) is 19.0 Å². The van der Waals surface area contributed by atoms with E-state index < -0.39 is 71.9 Å². The number of carbonyl (C=O) groups is 2. The van der Waals surface area contributed by atoms with Crippen molar-refractivity contribution in [3.8, 4) is 0 Å². The van der Waals surface area contributed by atoms with Gasteiger partial charge in [0.25, 0.3) is 5.56 Å². The third-order valence-corrected chi connectivity index (χ3v) is 6.31. The standard InChI is InChI=1S/C27H35ClFN3O9/c1-15(2)22(30-25(36)41-27(3,4)5)24(35)39-14-32-23(34)18(29)11-31(26(32)37)21-10-19(33)20(40-21)13-38-12-16-6-8-17(28)9-7-16/h6-9,11,15,19-22,33H,10,12-14H2,1-5H3,(H,30,36)/t19-,20+,21+,22-/m0/s1. The number of amides is 1. The predicted molar refractivity (Wildman–Crippen MR) is 145 cm³/mol. The Bertz CT molecular complexity index is 1340. The maximum Gasteiger partial charge on any atom is 0.408 e. The van der Waals surface area contributed by atoms with E-state index in [2.05, 4.69) is 5.32 Å². The number of hydrogen-bond donors (Lipinski definition) is 2. The summed E-state index contributed by atoms with van der Waals surface area (Å²) in [6, 6.07) is 5.83. The van der Waals surface area contributed by atoms with Gasteiger partial charge in [-0.3, -0.25) is 9.36 Å². The molecule has 1 amide bonds. The molecule has 1 aliphatic rings. The molecular formula is C27H35ClFN3O9. The van der Waals surface area contributed by atoms with Gasteiger partial charge in [0.15, 0.2) is 6.73 Å². The van der Waals surface area contributed by atoms with Gasteiger partial charge in [-0.15, -0.1) is 0 Å². The van der Waals surface area contributed by atoms with Gasteiger partial charge in [0.05, 0.1) is 25.5 Å². The molecule has 0 bridgehead atoms. The quantitative estimate of drug-likeness (QED) is 0.393. The molecule has 1 fully saturated rings. The minimum atomic E-state index is -1.32. The molecule has 12 nitrogen and oxygen atoms in total. The number of aliphatic hydroxyl groups is 1. The lowest BCUT2D eigenvalue weighted by atomic mass is 10.1. The number of benzene rings is 1. The van der Waals surface area contributed by atoms with E-state index in [9.17, 15) is 28.7 Å². The largest absolute Gasteiger partial charge is 0.444 e. The van der Waals surface area contributed by atoms with Crippen molar-refractivity contribution in [2.24, 2.45) is 5.92 Å². The minimum absolute atomic E-state index is 0.0178. The van der Waals surface area contributed by atoms with Crippen LogP contribution in [0.5, 0.6) is 0 Å². The van der Waals surface area contributed by atoms with Crippen LogP contribution in [0.25, 0.3) is 0 Å². The second kappa shape index (κ2) is 13.6. The summed E-state index contributed by atoms with van der Waals surface area (Å²) in [5, 5.41) is 13.4. The fraction of sp³-hybridized carbons (Fsp3) is 0.556. The maximum absolute atomic E-state index is 14.6. The molecule has 1 saturated heterocycles. The Morgan fingerprint density at radius 3 is 2.49 bits per heavy atom. The number of esters is 1. The van der Waals surface area contributed by atoms with Gasteiger partial charge in [0.1, 0.15) is 24.0 Å². The van der Waals surface area contributed by atoms with E-state index in [4.69, 9.17) is 30.5 Å². The second-order valence-electron chi connectivity index (χ2n) is 10.9. The maximum atomic E-state index is 14.6. The molecule has 2 aromatic rings. The number of nitrogens with one attached hydrogen (secondary N) is 1. The molecule has 1 aromatic carbocycles. The Hall–Kier alpha value is -3.26. The van der Waals surface area contributed by atoms with Crippen LogP contribution in [0.2, 0.25) is 5.02 Å². The average Bonchev–Trinajstić information content (AvgIpc) is 3.24. The highest BCUT2D eigenvalue weighted by molar-refractivity contribution is 6.30. The molecule has 0 unspecified atom stereocenters. The molecule has 0 radical (unpaired) electrons. The van der Waals surface area contributed by atoms with Crippen molar-refractivity contribution in [2.45, 2.75) is 84.5 Å². The molecule has 0 saturated carbocycles. The third-order valence-electron chi connectivity index (χ3n) is 6.06. The van der Waals surface area contributed by atoms with Crippen LogP contribution in [-0.2, 0) is 37.1 Å². The van der Waals surface area contributed by atoms with Crippen LogP contribution >= 0.6 is 11.6 Å². The lowest BCUT2D eigenvalue weighted by Crippen LogP contribution is -2.48. The van der Waals surface area contributed by atoms with Crippen molar-refractivity contribution in [2.75, 3.05) is 6.61 Å². The van der Waals surface area contributed by atoms with Crippen LogP contribution in [-0.4, -0.2) is 56.8 Å². The van der Waals surface area contributed by atoms with Crippen LogP contribution in [0, 0.1) is 11.7 Å². The highest BCUT2D eigenvalue weighted by atomic mass is 35.5. The highest BCUT2D eigenvalue weighted by Crippen LogP contribution is 2.28. The van der Waals surface area contributed by atoms with Crippen molar-refractivity contribution in [3.63, 3.8) is 0 Å². The Kier molecular flexibility index (Phi) is 10.7. The van der Waals surface area contributed by atoms with Gasteiger partial charge in [-0.2, -0.15) is 4.39 Å². The molecule has 3 rings (SSSR count). The van der Waals surface area contributed by atoms with Crippen molar-refractivity contribution < 1.29 is 38.0 Å². The number of ether oxygens (including phenoxy) is 4. The highest BCUT2D eigenvalue weighted by Gasteiger charge is 2.36. The zero-order chi connectivity index (χ0) is 30.5. The molecule has 2 heterocycles. The average molecular weight is 600 g/mol. The summed E-state index contributed by atoms with van der Waals surface area (Å²) in [6.45, 7) is 7.53. The van der Waals surface area contributed by atoms with Gasteiger partial charge in [-0.05, 0) is 44.4 Å². The first-order valence-corrected chi connectivity index (χ1v) is 13.4. The normalized spacial score (nSPS) is 19.7. The lowest BCUT2D eigenvalue weighted by Gasteiger charge is -2.24. The first-order chi connectivity index (χ1) is 19.2. The first-order valence-electron chi connectivity index (χ1n) is 13.0. The second-order valence-corrected chi connectivity index (χ2v) is 11.4. The van der Waals surface area contributed by atoms with E-state index in [1.54, 1.807) is 58.9 Å². The van der Waals surface area contributed by atoms with Crippen LogP contribution < -0.4 is 16.6 Å². The van der Waals surface area contributed by atoms with Crippen molar-refractivity contribution in [3.05, 3.63) is 67.7 Å². The van der Waals surface area contributed by atoms with Gasteiger partial charge in [0, 0.05) is 11.4 Å². The number of hydrogen-bond acceptors (Lipinski definition) is 9. The summed E-state index contributed by atoms with van der Waals surface area (Å²) in [7, 11) is 0. The third kappa shape index (κ3) is 8.86. The molecule has 41 heavy (non-hydrogen) atoms. The zero-order valence-corrected chi connectivity index (χ0v) is 24.2. The monoisotopic (exact) mass is 599 g/mol. The molecule has 1 aliphatic heterocycles. The number of halogens is 2. The molecule has 4 atom stereocenters. The molecule has 0 aliphatic carbocycles. The van der Waals surface area contributed by atoms with Gasteiger partial charge in [0.2, 0.25) is 5.82 Å². The fourth-order valence-corrected chi connectivity index (χ4v) is 4.09. The Morgan fingerprint density at radius 2 is 1.88 bits per heavy atom. The number of nitrogens with zero attached hydrogens (tertiary/aromatic N) is 2. The Labute approximate surface area is 240 Å². The van der Waals surface area contributed by atoms with E-state index in [1.807, 2.05) is 0 Å². The van der Waals surface area contributed by atoms with Crippen molar-refractivity contribution in [1.82, 2.24) is 14.5 Å². The summed E-state index contributed by atoms with van der Waals surface area (Å²) in [6.07, 6.45) is -3.24. The zero-order valence-electron chi connectivity index (χ0n) is 23.5. The number of alkyl carbamates (subject to hydrolysis) is 1. The van der Waals surface area contributed by atoms with E-state index >= 15 is 0 Å². The summed E-state index contributed by atoms with van der Waals surface area (Å²) in [5.41, 5.74) is -2.31. The van der Waals surface area contributed by atoms with Gasteiger partial charge in [-0.1, -0.05) is 37.6 Å². The van der Waals surface area contributed by atoms with Crippen LogP contribution in [0.4, 0.5) is 9.18 Å². The van der Waals surface area contributed by atoms with Crippen molar-refractivity contribution in [1.29, 1.82) is 0 Å². The smallest absolute Gasteiger partial charge is 0.408 e. The SMILES string of the molecule is CC(C)[C@H](NC(=O)OC(C)(C)C)C(=O)OCn1c(=O)c(F)cn([C@H]2C[C@H](O)[C@@H](COCc3ccc(Cl)cc3)O2)c1=O. The molecular weight excluding hydrogens is 565 g/mol. The molecule has 2 N–H and O–H groups in total. The first kappa shape index (κ1) is 32.3. The topological polar surface area (TPSA) is 147 Å². The molecule has 0 spiro atoms. The van der Waals surface area contributed by atoms with Crippen molar-refractivity contribution >= 4 is 23.7 Å². The summed E-state index contributed by atoms with van der Waals surface area (Å²) < 4.78 is 37.4. The minimum Gasteiger partial charge on any atom is -0.444 e. The molecule has 1 aromatic heterocycles. The Balaban J connectivity index is 1.67. The number of aliphatic hydroxyl groups excluding tert-OH is 1. The van der Waals surface area contributed by atoms with E-state index in [0.29, 0.717) is 15.8 Å². The number of carbonyl (C=O) groups excluding carboxylic acids is 2. The molecule has 226 valence electrons. The summed E-state index contributed by atoms with van der Waals surface area (Å²) in [4.78, 5) is 50.4. The summed E-state index contributed by atoms with van der Waals surface area (Å²) in [5.74, 6) is -2.70. The van der Waals surface area contributed by atoms with Crippen LogP contribution in [0.15, 0.2) is 40.1 Å². The van der Waals surface area contributed by atoms with Gasteiger partial charge < -0.3 is 29.4 Å². The molecule has 14 heteroatoms. The van der Waals surface area contributed by atoms with E-state index in [-0.39, 0.29) is 19.6 Å². The number of rotatable bonds is 10. The van der Waals surface area contributed by atoms with Gasteiger partial charge >= 0.3 is 17.8 Å². The van der Waals surface area contributed by atoms with Crippen LogP contribution in [0.3, 0.4) is 0 Å². The lowest BCUT2D eigenvalue weighted by molar-refractivity contribution is -0.151. The summed E-state index contributed by atoms with van der Waals surface area (Å²) >= 11 is 5.87. The fourth-order valence-electron chi connectivity index (χ4n) is 3.97. The predicted octanol–water partition coefficient (Wildman–Crippen LogP) is 2.72.